The minimum atomic E-state index is -0.975. The van der Waals surface area contributed by atoms with Crippen molar-refractivity contribution < 1.29 is 24.5 Å². The van der Waals surface area contributed by atoms with Crippen molar-refractivity contribution >= 4 is 11.8 Å². The summed E-state index contributed by atoms with van der Waals surface area (Å²) in [5.74, 6) is -0.250. The number of aliphatic hydroxyl groups excluding tert-OH is 2. The lowest BCUT2D eigenvalue weighted by Crippen LogP contribution is -2.57. The smallest absolute Gasteiger partial charge is 0.247 e. The van der Waals surface area contributed by atoms with Crippen molar-refractivity contribution in [3.8, 4) is 5.75 Å². The minimum Gasteiger partial charge on any atom is -0.486 e. The van der Waals surface area contributed by atoms with Crippen LogP contribution in [0.1, 0.15) is 51.0 Å². The number of hydrogen-bond acceptors (Lipinski definition) is 5. The second-order valence-electron chi connectivity index (χ2n) is 9.09. The molecule has 0 spiro atoms. The number of fused-ring (bicyclic) bond motifs is 3. The van der Waals surface area contributed by atoms with Crippen LogP contribution in [0.3, 0.4) is 0 Å². The number of ether oxygens (including phenoxy) is 1. The van der Waals surface area contributed by atoms with E-state index in [2.05, 4.69) is 5.32 Å². The Balaban J connectivity index is 1.77. The number of carbonyl (C=O) groups excluding carboxylic acids is 2. The van der Waals surface area contributed by atoms with Gasteiger partial charge in [-0.1, -0.05) is 36.6 Å². The van der Waals surface area contributed by atoms with Gasteiger partial charge in [-0.2, -0.15) is 0 Å². The number of allylic oxidation sites excluding steroid dienone is 1. The first-order chi connectivity index (χ1) is 15.4. The van der Waals surface area contributed by atoms with Gasteiger partial charge in [0.15, 0.2) is 0 Å². The second kappa shape index (κ2) is 9.46. The molecular weight excluding hydrogens is 408 g/mol. The molecule has 32 heavy (non-hydrogen) atoms. The molecule has 0 saturated heterocycles. The molecule has 1 saturated carbocycles. The summed E-state index contributed by atoms with van der Waals surface area (Å²) in [5, 5.41) is 23.4. The van der Waals surface area contributed by atoms with E-state index in [1.54, 1.807) is 17.1 Å². The molecule has 0 radical (unpaired) electrons. The molecule has 1 aliphatic heterocycles. The molecule has 0 bridgehead atoms. The van der Waals surface area contributed by atoms with Crippen molar-refractivity contribution in [2.75, 3.05) is 13.2 Å². The molecule has 172 valence electrons. The zero-order chi connectivity index (χ0) is 22.8. The lowest BCUT2D eigenvalue weighted by molar-refractivity contribution is -0.135. The Kier molecular flexibility index (Phi) is 6.67. The molecule has 4 atom stereocenters. The van der Waals surface area contributed by atoms with E-state index in [-0.39, 0.29) is 31.0 Å². The Morgan fingerprint density at radius 1 is 1.22 bits per heavy atom. The predicted molar refractivity (Wildman–Crippen MR) is 120 cm³/mol. The molecule has 4 rings (SSSR count). The standard InChI is InChI=1S/C25H32N2O5/c1-15(2)13-21(29)27(16-7-3-4-8-16)19-14-18(25(31)26-11-12-28)22-17-9-5-6-10-20(17)32-24(22)23(19)30/h5-6,9-10,13-14,16,19,22-24,28,30H,3-4,7-8,11-12H2,1-2H3,(H,26,31). The summed E-state index contributed by atoms with van der Waals surface area (Å²) in [6.07, 6.45) is 5.53. The normalized spacial score (nSPS) is 26.4. The summed E-state index contributed by atoms with van der Waals surface area (Å²) in [7, 11) is 0. The second-order valence-corrected chi connectivity index (χ2v) is 9.09. The molecule has 1 fully saturated rings. The van der Waals surface area contributed by atoms with E-state index >= 15 is 0 Å². The van der Waals surface area contributed by atoms with Gasteiger partial charge in [0.25, 0.3) is 0 Å². The first-order valence-corrected chi connectivity index (χ1v) is 11.4. The Labute approximate surface area is 188 Å². The van der Waals surface area contributed by atoms with Crippen LogP contribution in [0.15, 0.2) is 47.6 Å². The maximum absolute atomic E-state index is 13.3. The highest BCUT2D eigenvalue weighted by molar-refractivity contribution is 5.96. The highest BCUT2D eigenvalue weighted by Gasteiger charge is 2.51. The number of aliphatic hydroxyl groups is 2. The van der Waals surface area contributed by atoms with Crippen molar-refractivity contribution in [2.45, 2.75) is 69.7 Å². The maximum Gasteiger partial charge on any atom is 0.247 e. The first-order valence-electron chi connectivity index (χ1n) is 11.4. The maximum atomic E-state index is 13.3. The van der Waals surface area contributed by atoms with Crippen LogP contribution < -0.4 is 10.1 Å². The lowest BCUT2D eigenvalue weighted by Gasteiger charge is -2.43. The Morgan fingerprint density at radius 2 is 1.94 bits per heavy atom. The molecule has 3 aliphatic rings. The van der Waals surface area contributed by atoms with Gasteiger partial charge in [-0.05, 0) is 38.8 Å². The molecule has 4 unspecified atom stereocenters. The Bertz CT molecular complexity index is 930. The van der Waals surface area contributed by atoms with Gasteiger partial charge >= 0.3 is 0 Å². The molecule has 7 nitrogen and oxygen atoms in total. The first kappa shape index (κ1) is 22.6. The van der Waals surface area contributed by atoms with E-state index in [1.807, 2.05) is 38.1 Å². The number of rotatable bonds is 6. The van der Waals surface area contributed by atoms with Crippen LogP contribution in [0.5, 0.6) is 5.75 Å². The molecule has 1 aromatic rings. The van der Waals surface area contributed by atoms with E-state index in [9.17, 15) is 19.8 Å². The molecule has 2 amide bonds. The van der Waals surface area contributed by atoms with Gasteiger partial charge in [-0.15, -0.1) is 0 Å². The predicted octanol–water partition coefficient (Wildman–Crippen LogP) is 2.05. The molecule has 0 aromatic heterocycles. The summed E-state index contributed by atoms with van der Waals surface area (Å²) < 4.78 is 6.14. The van der Waals surface area contributed by atoms with Gasteiger partial charge in [0.2, 0.25) is 11.8 Å². The van der Waals surface area contributed by atoms with Crippen LogP contribution in [-0.2, 0) is 9.59 Å². The van der Waals surface area contributed by atoms with Crippen molar-refractivity contribution in [3.05, 3.63) is 53.1 Å². The van der Waals surface area contributed by atoms with Gasteiger partial charge < -0.3 is 25.2 Å². The summed E-state index contributed by atoms with van der Waals surface area (Å²) in [6.45, 7) is 3.71. The number of para-hydroxylation sites is 1. The van der Waals surface area contributed by atoms with Crippen LogP contribution >= 0.6 is 0 Å². The molecular formula is C25H32N2O5. The number of carbonyl (C=O) groups is 2. The largest absolute Gasteiger partial charge is 0.486 e. The summed E-state index contributed by atoms with van der Waals surface area (Å²) in [6, 6.07) is 6.82. The van der Waals surface area contributed by atoms with E-state index < -0.39 is 24.2 Å². The van der Waals surface area contributed by atoms with Crippen molar-refractivity contribution in [3.63, 3.8) is 0 Å². The monoisotopic (exact) mass is 440 g/mol. The van der Waals surface area contributed by atoms with Gasteiger partial charge in [-0.25, -0.2) is 0 Å². The minimum absolute atomic E-state index is 0.0103. The lowest BCUT2D eigenvalue weighted by atomic mass is 9.77. The zero-order valence-corrected chi connectivity index (χ0v) is 18.7. The molecule has 1 heterocycles. The van der Waals surface area contributed by atoms with Gasteiger partial charge in [-0.3, -0.25) is 9.59 Å². The van der Waals surface area contributed by atoms with E-state index in [0.717, 1.165) is 36.8 Å². The van der Waals surface area contributed by atoms with Crippen LogP contribution in [0.25, 0.3) is 0 Å². The number of nitrogens with one attached hydrogen (secondary N) is 1. The van der Waals surface area contributed by atoms with Crippen LogP contribution in [0.2, 0.25) is 0 Å². The summed E-state index contributed by atoms with van der Waals surface area (Å²) >= 11 is 0. The third-order valence-corrected chi connectivity index (χ3v) is 6.58. The van der Waals surface area contributed by atoms with Crippen LogP contribution in [-0.4, -0.2) is 64.4 Å². The highest BCUT2D eigenvalue weighted by Crippen LogP contribution is 2.47. The topological polar surface area (TPSA) is 99.1 Å². The van der Waals surface area contributed by atoms with E-state index in [0.29, 0.717) is 11.3 Å². The number of hydrogen-bond donors (Lipinski definition) is 3. The van der Waals surface area contributed by atoms with Crippen molar-refractivity contribution in [1.82, 2.24) is 10.2 Å². The van der Waals surface area contributed by atoms with Crippen LogP contribution in [0, 0.1) is 0 Å². The fourth-order valence-electron chi connectivity index (χ4n) is 5.24. The molecule has 2 aliphatic carbocycles. The fraction of sp³-hybridized carbons (Fsp3) is 0.520. The van der Waals surface area contributed by atoms with Gasteiger partial charge in [0.05, 0.1) is 18.6 Å². The summed E-state index contributed by atoms with van der Waals surface area (Å²) in [5.41, 5.74) is 2.20. The quantitative estimate of drug-likeness (QED) is 0.588. The average Bonchev–Trinajstić information content (AvgIpc) is 3.42. The van der Waals surface area contributed by atoms with E-state index in [1.165, 1.54) is 0 Å². The van der Waals surface area contributed by atoms with Crippen molar-refractivity contribution in [2.24, 2.45) is 0 Å². The van der Waals surface area contributed by atoms with Crippen molar-refractivity contribution in [1.29, 1.82) is 0 Å². The number of nitrogens with zero attached hydrogens (tertiary/aromatic N) is 1. The third-order valence-electron chi connectivity index (χ3n) is 6.58. The summed E-state index contributed by atoms with van der Waals surface area (Å²) in [4.78, 5) is 28.1. The molecule has 1 aromatic carbocycles. The molecule has 3 N–H and O–H groups in total. The zero-order valence-electron chi connectivity index (χ0n) is 18.7. The van der Waals surface area contributed by atoms with Crippen LogP contribution in [0.4, 0.5) is 0 Å². The number of benzene rings is 1. The Hall–Kier alpha value is -2.64. The fourth-order valence-corrected chi connectivity index (χ4v) is 5.24. The molecule has 7 heteroatoms. The SMILES string of the molecule is CC(C)=CC(=O)N(C1CCCC1)C1C=C(C(=O)NCCO)C2c3ccccc3OC2C1O. The van der Waals surface area contributed by atoms with E-state index in [4.69, 9.17) is 4.74 Å². The van der Waals surface area contributed by atoms with Gasteiger partial charge in [0.1, 0.15) is 18.0 Å². The third kappa shape index (κ3) is 4.19. The van der Waals surface area contributed by atoms with Gasteiger partial charge in [0, 0.05) is 29.8 Å². The number of amides is 2. The highest BCUT2D eigenvalue weighted by atomic mass is 16.5. The average molecular weight is 441 g/mol. The Morgan fingerprint density at radius 3 is 2.62 bits per heavy atom.